The molecule has 0 spiro atoms. The van der Waals surface area contributed by atoms with Crippen LogP contribution in [0.5, 0.6) is 0 Å². The molecule has 1 aliphatic heterocycles. The number of nitrogens with zero attached hydrogens (tertiary/aromatic N) is 2. The predicted molar refractivity (Wildman–Crippen MR) is 96.9 cm³/mol. The first-order valence-corrected chi connectivity index (χ1v) is 8.44. The van der Waals surface area contributed by atoms with Gasteiger partial charge in [0.2, 0.25) is 5.78 Å². The van der Waals surface area contributed by atoms with Gasteiger partial charge in [-0.05, 0) is 44.3 Å². The number of rotatable bonds is 6. The van der Waals surface area contributed by atoms with Gasteiger partial charge >= 0.3 is 0 Å². The van der Waals surface area contributed by atoms with E-state index in [0.29, 0.717) is 13.1 Å². The maximum absolute atomic E-state index is 12.9. The molecule has 26 heavy (non-hydrogen) atoms. The van der Waals surface area contributed by atoms with Crippen LogP contribution in [0.15, 0.2) is 58.4 Å². The first-order chi connectivity index (χ1) is 12.4. The lowest BCUT2D eigenvalue weighted by atomic mass is 9.92. The van der Waals surface area contributed by atoms with E-state index in [9.17, 15) is 14.7 Å². The Bertz CT molecular complexity index is 852. The summed E-state index contributed by atoms with van der Waals surface area (Å²) in [6, 6.07) is 10.1. The van der Waals surface area contributed by atoms with E-state index in [0.717, 1.165) is 11.1 Å². The molecular formula is C20H22N2O4. The van der Waals surface area contributed by atoms with E-state index in [-0.39, 0.29) is 11.3 Å². The molecule has 1 unspecified atom stereocenters. The first kappa shape index (κ1) is 17.9. The number of benzene rings is 1. The largest absolute Gasteiger partial charge is 0.503 e. The number of aliphatic hydroxyl groups excluding tert-OH is 1. The quantitative estimate of drug-likeness (QED) is 0.808. The van der Waals surface area contributed by atoms with Crippen molar-refractivity contribution in [1.82, 2.24) is 9.80 Å². The smallest absolute Gasteiger partial charge is 0.290 e. The van der Waals surface area contributed by atoms with E-state index in [1.807, 2.05) is 50.2 Å². The maximum Gasteiger partial charge on any atom is 0.290 e. The van der Waals surface area contributed by atoms with Crippen LogP contribution in [-0.4, -0.2) is 53.8 Å². The number of carbonyl (C=O) groups is 2. The molecule has 0 saturated carbocycles. The Labute approximate surface area is 152 Å². The molecule has 2 aromatic rings. The predicted octanol–water partition coefficient (Wildman–Crippen LogP) is 2.73. The van der Waals surface area contributed by atoms with Gasteiger partial charge in [0.05, 0.1) is 17.9 Å². The van der Waals surface area contributed by atoms with E-state index in [1.165, 1.54) is 12.3 Å². The number of aryl methyl sites for hydroxylation is 1. The summed E-state index contributed by atoms with van der Waals surface area (Å²) in [7, 11) is 3.82. The zero-order valence-electron chi connectivity index (χ0n) is 15.1. The number of hydrogen-bond acceptors (Lipinski definition) is 5. The van der Waals surface area contributed by atoms with Crippen molar-refractivity contribution in [1.29, 1.82) is 0 Å². The highest BCUT2D eigenvalue weighted by Gasteiger charge is 2.44. The standard InChI is InChI=1S/C20H22N2O4/c1-13-7-4-5-8-14(13)17-16(18(23)15-9-6-12-26-15)19(24)20(25)22(17)11-10-21(2)3/h4-9,12,17,24H,10-11H2,1-3H3. The monoisotopic (exact) mass is 354 g/mol. The van der Waals surface area contributed by atoms with Gasteiger partial charge in [-0.3, -0.25) is 9.59 Å². The van der Waals surface area contributed by atoms with Crippen LogP contribution in [0.2, 0.25) is 0 Å². The van der Waals surface area contributed by atoms with Crippen molar-refractivity contribution in [3.05, 3.63) is 70.9 Å². The minimum absolute atomic E-state index is 0.0676. The van der Waals surface area contributed by atoms with Gasteiger partial charge < -0.3 is 19.3 Å². The maximum atomic E-state index is 12.9. The van der Waals surface area contributed by atoms with Gasteiger partial charge in [-0.2, -0.15) is 0 Å². The summed E-state index contributed by atoms with van der Waals surface area (Å²) in [6.07, 6.45) is 1.40. The fourth-order valence-electron chi connectivity index (χ4n) is 3.18. The van der Waals surface area contributed by atoms with Crippen molar-refractivity contribution in [3.8, 4) is 0 Å². The second kappa shape index (κ2) is 7.17. The molecule has 0 fully saturated rings. The van der Waals surface area contributed by atoms with E-state index in [4.69, 9.17) is 4.42 Å². The van der Waals surface area contributed by atoms with Crippen LogP contribution in [0.4, 0.5) is 0 Å². The van der Waals surface area contributed by atoms with Crippen molar-refractivity contribution in [3.63, 3.8) is 0 Å². The van der Waals surface area contributed by atoms with Gasteiger partial charge in [0, 0.05) is 13.1 Å². The molecule has 6 nitrogen and oxygen atoms in total. The molecule has 136 valence electrons. The molecule has 0 aliphatic carbocycles. The lowest BCUT2D eigenvalue weighted by molar-refractivity contribution is -0.129. The van der Waals surface area contributed by atoms with E-state index in [1.54, 1.807) is 11.0 Å². The Hall–Kier alpha value is -2.86. The fourth-order valence-corrected chi connectivity index (χ4v) is 3.18. The summed E-state index contributed by atoms with van der Waals surface area (Å²) < 4.78 is 5.21. The molecule has 1 N–H and O–H groups in total. The Morgan fingerprint density at radius 3 is 2.58 bits per heavy atom. The molecule has 2 heterocycles. The number of hydrogen-bond donors (Lipinski definition) is 1. The van der Waals surface area contributed by atoms with Gasteiger partial charge in [0.15, 0.2) is 11.5 Å². The number of amides is 1. The number of ketones is 1. The van der Waals surface area contributed by atoms with Crippen LogP contribution in [0.25, 0.3) is 0 Å². The third-order valence-electron chi connectivity index (χ3n) is 4.56. The van der Waals surface area contributed by atoms with E-state index >= 15 is 0 Å². The van der Waals surface area contributed by atoms with Crippen LogP contribution in [-0.2, 0) is 4.79 Å². The number of furan rings is 1. The van der Waals surface area contributed by atoms with Crippen molar-refractivity contribution in [2.75, 3.05) is 27.2 Å². The van der Waals surface area contributed by atoms with Crippen molar-refractivity contribution in [2.45, 2.75) is 13.0 Å². The number of likely N-dealkylation sites (N-methyl/N-ethyl adjacent to an activating group) is 1. The van der Waals surface area contributed by atoms with Gasteiger partial charge in [-0.25, -0.2) is 0 Å². The molecule has 1 aliphatic rings. The Kier molecular flexibility index (Phi) is 4.95. The fraction of sp³-hybridized carbons (Fsp3) is 0.300. The molecule has 0 saturated heterocycles. The van der Waals surface area contributed by atoms with Gasteiger partial charge in [-0.1, -0.05) is 24.3 Å². The topological polar surface area (TPSA) is 74.0 Å². The van der Waals surface area contributed by atoms with E-state index in [2.05, 4.69) is 0 Å². The second-order valence-corrected chi connectivity index (χ2v) is 6.63. The minimum Gasteiger partial charge on any atom is -0.503 e. The summed E-state index contributed by atoms with van der Waals surface area (Å²) in [5, 5.41) is 10.5. The lowest BCUT2D eigenvalue weighted by Crippen LogP contribution is -2.36. The van der Waals surface area contributed by atoms with Crippen molar-refractivity contribution in [2.24, 2.45) is 0 Å². The molecule has 0 bridgehead atoms. The number of carbonyl (C=O) groups excluding carboxylic acids is 2. The summed E-state index contributed by atoms with van der Waals surface area (Å²) in [6.45, 7) is 2.93. The molecule has 1 amide bonds. The van der Waals surface area contributed by atoms with Crippen LogP contribution in [0, 0.1) is 6.92 Å². The summed E-state index contributed by atoms with van der Waals surface area (Å²) in [4.78, 5) is 29.2. The Morgan fingerprint density at radius 1 is 1.23 bits per heavy atom. The third kappa shape index (κ3) is 3.15. The average Bonchev–Trinajstić information content (AvgIpc) is 3.22. The van der Waals surface area contributed by atoms with Gasteiger partial charge in [0.1, 0.15) is 0 Å². The number of Topliss-reactive ketones (excluding diaryl/α,β-unsaturated/α-hetero) is 1. The summed E-state index contributed by atoms with van der Waals surface area (Å²) in [5.41, 5.74) is 1.83. The van der Waals surface area contributed by atoms with Crippen molar-refractivity contribution < 1.29 is 19.1 Å². The SMILES string of the molecule is Cc1ccccc1C1C(C(=O)c2ccco2)=C(O)C(=O)N1CCN(C)C. The van der Waals surface area contributed by atoms with Crippen LogP contribution < -0.4 is 0 Å². The van der Waals surface area contributed by atoms with Crippen LogP contribution >= 0.6 is 0 Å². The minimum atomic E-state index is -0.638. The second-order valence-electron chi connectivity index (χ2n) is 6.63. The third-order valence-corrected chi connectivity index (χ3v) is 4.56. The molecule has 1 aromatic carbocycles. The lowest BCUT2D eigenvalue weighted by Gasteiger charge is -2.28. The van der Waals surface area contributed by atoms with Crippen LogP contribution in [0.3, 0.4) is 0 Å². The van der Waals surface area contributed by atoms with Crippen molar-refractivity contribution >= 4 is 11.7 Å². The Balaban J connectivity index is 2.08. The normalized spacial score (nSPS) is 17.5. The van der Waals surface area contributed by atoms with Gasteiger partial charge in [-0.15, -0.1) is 0 Å². The highest BCUT2D eigenvalue weighted by Crippen LogP contribution is 2.39. The highest BCUT2D eigenvalue weighted by atomic mass is 16.3. The molecule has 0 radical (unpaired) electrons. The molecule has 3 rings (SSSR count). The Morgan fingerprint density at radius 2 is 1.96 bits per heavy atom. The number of aliphatic hydroxyl groups is 1. The summed E-state index contributed by atoms with van der Waals surface area (Å²) >= 11 is 0. The molecular weight excluding hydrogens is 332 g/mol. The molecule has 1 atom stereocenters. The van der Waals surface area contributed by atoms with Gasteiger partial charge in [0.25, 0.3) is 5.91 Å². The molecule has 6 heteroatoms. The van der Waals surface area contributed by atoms with E-state index < -0.39 is 23.5 Å². The first-order valence-electron chi connectivity index (χ1n) is 8.44. The summed E-state index contributed by atoms with van der Waals surface area (Å²) in [5.74, 6) is -1.40. The average molecular weight is 354 g/mol. The molecule has 1 aromatic heterocycles. The zero-order chi connectivity index (χ0) is 18.8. The van der Waals surface area contributed by atoms with Crippen LogP contribution in [0.1, 0.15) is 27.7 Å². The zero-order valence-corrected chi connectivity index (χ0v) is 15.1. The highest BCUT2D eigenvalue weighted by molar-refractivity contribution is 6.15.